The summed E-state index contributed by atoms with van der Waals surface area (Å²) in [6.45, 7) is 1.91. The number of anilines is 1. The molecule has 1 N–H and O–H groups in total. The quantitative estimate of drug-likeness (QED) is 0.601. The number of fused-ring (bicyclic) bond motifs is 1. The smallest absolute Gasteiger partial charge is 0.261 e. The van der Waals surface area contributed by atoms with Crippen molar-refractivity contribution >= 4 is 21.4 Å². The molecular formula is C19H16N4O2S. The Kier molecular flexibility index (Phi) is 3.93. The lowest BCUT2D eigenvalue weighted by Crippen LogP contribution is -2.12. The summed E-state index contributed by atoms with van der Waals surface area (Å²) in [6.07, 6.45) is 1.87. The average molecular weight is 364 g/mol. The van der Waals surface area contributed by atoms with Gasteiger partial charge in [-0.2, -0.15) is 0 Å². The van der Waals surface area contributed by atoms with E-state index in [-0.39, 0.29) is 4.90 Å². The van der Waals surface area contributed by atoms with Crippen molar-refractivity contribution in [2.24, 2.45) is 0 Å². The van der Waals surface area contributed by atoms with E-state index in [1.54, 1.807) is 42.5 Å². The first-order chi connectivity index (χ1) is 12.5. The molecule has 2 aromatic heterocycles. The SMILES string of the molecule is Cc1ccc(S(=O)(=O)Nc2cccc(-c3nnc4ccccn34)c2)cc1. The van der Waals surface area contributed by atoms with Crippen LogP contribution in [0.5, 0.6) is 0 Å². The highest BCUT2D eigenvalue weighted by molar-refractivity contribution is 7.92. The molecule has 130 valence electrons. The van der Waals surface area contributed by atoms with E-state index in [1.807, 2.05) is 41.8 Å². The Morgan fingerprint density at radius 2 is 1.73 bits per heavy atom. The molecule has 0 saturated heterocycles. The highest BCUT2D eigenvalue weighted by Gasteiger charge is 2.15. The van der Waals surface area contributed by atoms with Gasteiger partial charge >= 0.3 is 0 Å². The van der Waals surface area contributed by atoms with Gasteiger partial charge in [0.25, 0.3) is 10.0 Å². The number of sulfonamides is 1. The zero-order chi connectivity index (χ0) is 18.1. The summed E-state index contributed by atoms with van der Waals surface area (Å²) < 4.78 is 29.6. The second-order valence-electron chi connectivity index (χ2n) is 5.95. The standard InChI is InChI=1S/C19H16N4O2S/c1-14-8-10-17(11-9-14)26(24,25)22-16-6-4-5-15(13-16)19-21-20-18-7-2-3-12-23(18)19/h2-13,22H,1H3. The summed E-state index contributed by atoms with van der Waals surface area (Å²) in [5.41, 5.74) is 2.97. The number of hydrogen-bond donors (Lipinski definition) is 1. The van der Waals surface area contributed by atoms with E-state index < -0.39 is 10.0 Å². The van der Waals surface area contributed by atoms with Gasteiger partial charge in [-0.1, -0.05) is 35.9 Å². The molecule has 7 heteroatoms. The van der Waals surface area contributed by atoms with E-state index >= 15 is 0 Å². The van der Waals surface area contributed by atoms with Gasteiger partial charge in [0.05, 0.1) is 4.90 Å². The lowest BCUT2D eigenvalue weighted by atomic mass is 10.2. The van der Waals surface area contributed by atoms with Crippen molar-refractivity contribution in [3.05, 3.63) is 78.5 Å². The Morgan fingerprint density at radius 3 is 2.54 bits per heavy atom. The van der Waals surface area contributed by atoms with Gasteiger partial charge in [-0.25, -0.2) is 8.42 Å². The molecule has 6 nitrogen and oxygen atoms in total. The summed E-state index contributed by atoms with van der Waals surface area (Å²) in [6, 6.07) is 19.5. The maximum atomic E-state index is 12.6. The molecule has 0 aliphatic rings. The average Bonchev–Trinajstić information content (AvgIpc) is 3.06. The summed E-state index contributed by atoms with van der Waals surface area (Å²) in [5, 5.41) is 8.34. The molecule has 0 bridgehead atoms. The molecule has 0 unspecified atom stereocenters. The van der Waals surface area contributed by atoms with Crippen LogP contribution in [0, 0.1) is 6.92 Å². The Morgan fingerprint density at radius 1 is 0.923 bits per heavy atom. The summed E-state index contributed by atoms with van der Waals surface area (Å²) in [5.74, 6) is 0.650. The van der Waals surface area contributed by atoms with Crippen molar-refractivity contribution in [3.63, 3.8) is 0 Å². The van der Waals surface area contributed by atoms with Crippen molar-refractivity contribution < 1.29 is 8.42 Å². The molecular weight excluding hydrogens is 348 g/mol. The number of rotatable bonds is 4. The van der Waals surface area contributed by atoms with Crippen LogP contribution in [0.3, 0.4) is 0 Å². The van der Waals surface area contributed by atoms with Crippen molar-refractivity contribution in [3.8, 4) is 11.4 Å². The number of pyridine rings is 1. The number of benzene rings is 2. The summed E-state index contributed by atoms with van der Waals surface area (Å²) in [4.78, 5) is 0.224. The van der Waals surface area contributed by atoms with E-state index in [1.165, 1.54) is 0 Å². The topological polar surface area (TPSA) is 76.4 Å². The van der Waals surface area contributed by atoms with Gasteiger partial charge < -0.3 is 0 Å². The van der Waals surface area contributed by atoms with Crippen LogP contribution in [-0.4, -0.2) is 23.0 Å². The zero-order valence-electron chi connectivity index (χ0n) is 14.0. The molecule has 2 aromatic carbocycles. The highest BCUT2D eigenvalue weighted by Crippen LogP contribution is 2.23. The van der Waals surface area contributed by atoms with Crippen LogP contribution in [0.2, 0.25) is 0 Å². The molecule has 0 saturated carbocycles. The molecule has 0 amide bonds. The number of nitrogens with zero attached hydrogens (tertiary/aromatic N) is 3. The van der Waals surface area contributed by atoms with Crippen LogP contribution in [0.1, 0.15) is 5.56 Å². The van der Waals surface area contributed by atoms with Gasteiger partial charge in [0.2, 0.25) is 0 Å². The number of hydrogen-bond acceptors (Lipinski definition) is 4. The van der Waals surface area contributed by atoms with E-state index in [9.17, 15) is 8.42 Å². The van der Waals surface area contributed by atoms with E-state index in [4.69, 9.17) is 0 Å². The van der Waals surface area contributed by atoms with Crippen LogP contribution in [0.25, 0.3) is 17.0 Å². The second kappa shape index (κ2) is 6.27. The van der Waals surface area contributed by atoms with E-state index in [2.05, 4.69) is 14.9 Å². The van der Waals surface area contributed by atoms with Gasteiger partial charge in [-0.05, 0) is 43.3 Å². The van der Waals surface area contributed by atoms with Crippen molar-refractivity contribution in [1.29, 1.82) is 0 Å². The van der Waals surface area contributed by atoms with Crippen LogP contribution in [0.15, 0.2) is 77.8 Å². The summed E-state index contributed by atoms with van der Waals surface area (Å²) in [7, 11) is -3.65. The molecule has 0 aliphatic carbocycles. The van der Waals surface area contributed by atoms with Crippen LogP contribution >= 0.6 is 0 Å². The number of aryl methyl sites for hydroxylation is 1. The third kappa shape index (κ3) is 3.04. The maximum absolute atomic E-state index is 12.6. The van der Waals surface area contributed by atoms with Gasteiger partial charge in [0.1, 0.15) is 0 Å². The molecule has 4 rings (SSSR count). The van der Waals surface area contributed by atoms with Crippen LogP contribution in [-0.2, 0) is 10.0 Å². The highest BCUT2D eigenvalue weighted by atomic mass is 32.2. The lowest BCUT2D eigenvalue weighted by molar-refractivity contribution is 0.601. The normalized spacial score (nSPS) is 11.6. The first-order valence-corrected chi connectivity index (χ1v) is 9.51. The monoisotopic (exact) mass is 364 g/mol. The molecule has 0 aliphatic heterocycles. The fourth-order valence-corrected chi connectivity index (χ4v) is 3.74. The fraction of sp³-hybridized carbons (Fsp3) is 0.0526. The Bertz CT molecular complexity index is 1180. The molecule has 26 heavy (non-hydrogen) atoms. The molecule has 4 aromatic rings. The number of aromatic nitrogens is 3. The van der Waals surface area contributed by atoms with Gasteiger partial charge in [0, 0.05) is 17.4 Å². The summed E-state index contributed by atoms with van der Waals surface area (Å²) >= 11 is 0. The van der Waals surface area contributed by atoms with Crippen molar-refractivity contribution in [1.82, 2.24) is 14.6 Å². The van der Waals surface area contributed by atoms with Crippen LogP contribution < -0.4 is 4.72 Å². The maximum Gasteiger partial charge on any atom is 0.261 e. The Hall–Kier alpha value is -3.19. The molecule has 0 fully saturated rings. The van der Waals surface area contributed by atoms with E-state index in [0.717, 1.165) is 16.8 Å². The van der Waals surface area contributed by atoms with Gasteiger partial charge in [-0.15, -0.1) is 10.2 Å². The third-order valence-electron chi connectivity index (χ3n) is 4.02. The van der Waals surface area contributed by atoms with Gasteiger partial charge in [0.15, 0.2) is 11.5 Å². The molecule has 0 atom stereocenters. The minimum absolute atomic E-state index is 0.224. The largest absolute Gasteiger partial charge is 0.282 e. The van der Waals surface area contributed by atoms with Crippen molar-refractivity contribution in [2.75, 3.05) is 4.72 Å². The third-order valence-corrected chi connectivity index (χ3v) is 5.42. The number of nitrogens with one attached hydrogen (secondary N) is 1. The fourth-order valence-electron chi connectivity index (χ4n) is 2.69. The first-order valence-electron chi connectivity index (χ1n) is 8.03. The Labute approximate surface area is 151 Å². The first kappa shape index (κ1) is 16.3. The predicted molar refractivity (Wildman–Crippen MR) is 100 cm³/mol. The second-order valence-corrected chi connectivity index (χ2v) is 7.63. The van der Waals surface area contributed by atoms with E-state index in [0.29, 0.717) is 11.5 Å². The molecule has 2 heterocycles. The van der Waals surface area contributed by atoms with Crippen LogP contribution in [0.4, 0.5) is 5.69 Å². The zero-order valence-corrected chi connectivity index (χ0v) is 14.8. The van der Waals surface area contributed by atoms with Crippen molar-refractivity contribution in [2.45, 2.75) is 11.8 Å². The minimum atomic E-state index is -3.65. The Balaban J connectivity index is 1.69. The minimum Gasteiger partial charge on any atom is -0.282 e. The predicted octanol–water partition coefficient (Wildman–Crippen LogP) is 3.51. The molecule has 0 radical (unpaired) electrons. The lowest BCUT2D eigenvalue weighted by Gasteiger charge is -2.09. The molecule has 0 spiro atoms. The van der Waals surface area contributed by atoms with Gasteiger partial charge in [-0.3, -0.25) is 9.12 Å².